The van der Waals surface area contributed by atoms with Crippen LogP contribution in [0.3, 0.4) is 0 Å². The molecule has 1 saturated carbocycles. The molecular formula is C14H25NO. The van der Waals surface area contributed by atoms with Gasteiger partial charge in [0.2, 0.25) is 0 Å². The highest BCUT2D eigenvalue weighted by Gasteiger charge is 2.37. The summed E-state index contributed by atoms with van der Waals surface area (Å²) in [5, 5.41) is 13.2. The second kappa shape index (κ2) is 5.33. The number of aliphatic hydroxyl groups excluding tert-OH is 1. The minimum absolute atomic E-state index is 0.129. The highest BCUT2D eigenvalue weighted by Crippen LogP contribution is 2.37. The fraction of sp³-hybridized carbons (Fsp3) is 0.857. The molecule has 16 heavy (non-hydrogen) atoms. The van der Waals surface area contributed by atoms with Gasteiger partial charge in [0.1, 0.15) is 0 Å². The van der Waals surface area contributed by atoms with Gasteiger partial charge in [-0.25, -0.2) is 0 Å². The third-order valence-electron chi connectivity index (χ3n) is 4.47. The van der Waals surface area contributed by atoms with Crippen LogP contribution in [0.25, 0.3) is 0 Å². The molecule has 92 valence electrons. The molecule has 1 fully saturated rings. The molecule has 2 heteroatoms. The van der Waals surface area contributed by atoms with Gasteiger partial charge >= 0.3 is 0 Å². The summed E-state index contributed by atoms with van der Waals surface area (Å²) >= 11 is 0. The van der Waals surface area contributed by atoms with E-state index in [2.05, 4.69) is 24.4 Å². The largest absolute Gasteiger partial charge is 0.396 e. The van der Waals surface area contributed by atoms with E-state index in [9.17, 15) is 5.11 Å². The third kappa shape index (κ3) is 2.67. The first kappa shape index (κ1) is 12.1. The average Bonchev–Trinajstić information content (AvgIpc) is 2.70. The van der Waals surface area contributed by atoms with Crippen molar-refractivity contribution in [2.24, 2.45) is 11.3 Å². The molecule has 0 heterocycles. The molecule has 2 aliphatic rings. The van der Waals surface area contributed by atoms with Gasteiger partial charge in [-0.1, -0.05) is 25.5 Å². The lowest BCUT2D eigenvalue weighted by molar-refractivity contribution is 0.116. The van der Waals surface area contributed by atoms with E-state index in [1.165, 1.54) is 38.5 Å². The highest BCUT2D eigenvalue weighted by atomic mass is 16.3. The molecule has 0 radical (unpaired) electrons. The lowest BCUT2D eigenvalue weighted by Crippen LogP contribution is -2.43. The van der Waals surface area contributed by atoms with Crippen LogP contribution in [0.4, 0.5) is 0 Å². The number of aliphatic hydroxyl groups is 1. The first-order valence-corrected chi connectivity index (χ1v) is 6.74. The summed E-state index contributed by atoms with van der Waals surface area (Å²) in [6, 6.07) is 0.531. The summed E-state index contributed by atoms with van der Waals surface area (Å²) in [4.78, 5) is 0. The van der Waals surface area contributed by atoms with E-state index in [0.717, 1.165) is 12.5 Å². The van der Waals surface area contributed by atoms with E-state index in [4.69, 9.17) is 0 Å². The molecule has 0 unspecified atom stereocenters. The van der Waals surface area contributed by atoms with E-state index in [0.29, 0.717) is 12.6 Å². The fourth-order valence-electron chi connectivity index (χ4n) is 3.12. The molecule has 0 spiro atoms. The van der Waals surface area contributed by atoms with Crippen LogP contribution in [0.5, 0.6) is 0 Å². The topological polar surface area (TPSA) is 32.3 Å². The van der Waals surface area contributed by atoms with Gasteiger partial charge in [-0.3, -0.25) is 0 Å². The third-order valence-corrected chi connectivity index (χ3v) is 4.47. The van der Waals surface area contributed by atoms with Gasteiger partial charge in [0.15, 0.2) is 0 Å². The maximum Gasteiger partial charge on any atom is 0.0499 e. The highest BCUT2D eigenvalue weighted by molar-refractivity contribution is 4.95. The van der Waals surface area contributed by atoms with Crippen LogP contribution in [-0.2, 0) is 0 Å². The van der Waals surface area contributed by atoms with Gasteiger partial charge in [-0.05, 0) is 44.6 Å². The Hall–Kier alpha value is -0.340. The van der Waals surface area contributed by atoms with Gasteiger partial charge < -0.3 is 10.4 Å². The molecule has 2 nitrogen and oxygen atoms in total. The number of hydrogen-bond acceptors (Lipinski definition) is 2. The normalized spacial score (nSPS) is 39.1. The minimum Gasteiger partial charge on any atom is -0.396 e. The molecule has 0 amide bonds. The Morgan fingerprint density at radius 3 is 2.94 bits per heavy atom. The number of nitrogens with one attached hydrogen (secondary N) is 1. The average molecular weight is 223 g/mol. The van der Waals surface area contributed by atoms with Crippen molar-refractivity contribution in [3.8, 4) is 0 Å². The summed E-state index contributed by atoms with van der Waals surface area (Å²) in [6.45, 7) is 3.68. The fourth-order valence-corrected chi connectivity index (χ4v) is 3.12. The minimum atomic E-state index is 0.129. The Morgan fingerprint density at radius 1 is 1.38 bits per heavy atom. The molecule has 0 aromatic heterocycles. The number of rotatable bonds is 4. The first-order valence-electron chi connectivity index (χ1n) is 6.74. The monoisotopic (exact) mass is 223 g/mol. The van der Waals surface area contributed by atoms with Crippen LogP contribution < -0.4 is 5.32 Å². The number of allylic oxidation sites excluding steroid dienone is 2. The van der Waals surface area contributed by atoms with Crippen molar-refractivity contribution in [3.63, 3.8) is 0 Å². The zero-order valence-electron chi connectivity index (χ0n) is 10.4. The van der Waals surface area contributed by atoms with Gasteiger partial charge in [-0.2, -0.15) is 0 Å². The zero-order chi connectivity index (χ0) is 11.4. The van der Waals surface area contributed by atoms with Crippen LogP contribution in [0.1, 0.15) is 45.4 Å². The van der Waals surface area contributed by atoms with Crippen molar-refractivity contribution in [1.82, 2.24) is 5.32 Å². The van der Waals surface area contributed by atoms with Crippen LogP contribution in [0, 0.1) is 11.3 Å². The molecule has 0 aliphatic heterocycles. The van der Waals surface area contributed by atoms with Crippen molar-refractivity contribution < 1.29 is 5.11 Å². The smallest absolute Gasteiger partial charge is 0.0499 e. The van der Waals surface area contributed by atoms with E-state index in [1.54, 1.807) is 0 Å². The molecule has 0 saturated heterocycles. The van der Waals surface area contributed by atoms with Crippen molar-refractivity contribution in [2.75, 3.05) is 13.2 Å². The molecule has 2 aliphatic carbocycles. The molecule has 0 aromatic carbocycles. The Bertz CT molecular complexity index is 251. The van der Waals surface area contributed by atoms with Gasteiger partial charge in [-0.15, -0.1) is 0 Å². The Balaban J connectivity index is 1.78. The maximum atomic E-state index is 9.48. The standard InChI is InChI=1S/C14H25NO/c1-14(11-16)9-5-8-13(14)15-10-12-6-3-2-4-7-12/h2-3,12-13,15-16H,4-11H2,1H3/t12-,13+,14-/m1/s1. The van der Waals surface area contributed by atoms with Crippen LogP contribution in [0.2, 0.25) is 0 Å². The lowest BCUT2D eigenvalue weighted by atomic mass is 9.85. The summed E-state index contributed by atoms with van der Waals surface area (Å²) in [5.74, 6) is 0.813. The Morgan fingerprint density at radius 2 is 2.25 bits per heavy atom. The summed E-state index contributed by atoms with van der Waals surface area (Å²) in [5.41, 5.74) is 0.129. The Labute approximate surface area is 99.1 Å². The van der Waals surface area contributed by atoms with Crippen molar-refractivity contribution in [2.45, 2.75) is 51.5 Å². The van der Waals surface area contributed by atoms with Gasteiger partial charge in [0, 0.05) is 18.1 Å². The Kier molecular flexibility index (Phi) is 4.04. The van der Waals surface area contributed by atoms with Crippen molar-refractivity contribution >= 4 is 0 Å². The van der Waals surface area contributed by atoms with Gasteiger partial charge in [0.25, 0.3) is 0 Å². The summed E-state index contributed by atoms with van der Waals surface area (Å²) < 4.78 is 0. The van der Waals surface area contributed by atoms with E-state index >= 15 is 0 Å². The zero-order valence-corrected chi connectivity index (χ0v) is 10.4. The van der Waals surface area contributed by atoms with Crippen LogP contribution >= 0.6 is 0 Å². The van der Waals surface area contributed by atoms with E-state index in [-0.39, 0.29) is 5.41 Å². The van der Waals surface area contributed by atoms with E-state index in [1.807, 2.05) is 0 Å². The second-order valence-electron chi connectivity index (χ2n) is 5.82. The van der Waals surface area contributed by atoms with Crippen molar-refractivity contribution in [3.05, 3.63) is 12.2 Å². The summed E-state index contributed by atoms with van der Waals surface area (Å²) in [7, 11) is 0. The quantitative estimate of drug-likeness (QED) is 0.718. The molecule has 0 aromatic rings. The predicted octanol–water partition coefficient (Wildman–Crippen LogP) is 2.48. The maximum absolute atomic E-state index is 9.48. The van der Waals surface area contributed by atoms with Crippen molar-refractivity contribution in [1.29, 1.82) is 0 Å². The molecule has 2 rings (SSSR count). The molecule has 3 atom stereocenters. The second-order valence-corrected chi connectivity index (χ2v) is 5.82. The molecule has 2 N–H and O–H groups in total. The lowest BCUT2D eigenvalue weighted by Gasteiger charge is -2.32. The SMILES string of the molecule is C[C@]1(CO)CCC[C@@H]1NC[C@@H]1CC=CCC1. The molecular weight excluding hydrogens is 198 g/mol. The number of hydrogen-bond donors (Lipinski definition) is 2. The summed E-state index contributed by atoms with van der Waals surface area (Å²) in [6.07, 6.45) is 12.1. The van der Waals surface area contributed by atoms with Crippen LogP contribution in [-0.4, -0.2) is 24.3 Å². The van der Waals surface area contributed by atoms with Crippen LogP contribution in [0.15, 0.2) is 12.2 Å². The molecule has 0 bridgehead atoms. The first-order chi connectivity index (χ1) is 7.74. The van der Waals surface area contributed by atoms with Gasteiger partial charge in [0.05, 0.1) is 0 Å². The van der Waals surface area contributed by atoms with E-state index < -0.39 is 0 Å². The predicted molar refractivity (Wildman–Crippen MR) is 67.3 cm³/mol.